The Hall–Kier alpha value is -4.12. The second-order valence-corrected chi connectivity index (χ2v) is 5.99. The van der Waals surface area contributed by atoms with Crippen LogP contribution in [0.1, 0.15) is 11.1 Å². The molecule has 2 aromatic carbocycles. The molecule has 0 unspecified atom stereocenters. The Balaban J connectivity index is 2.07. The van der Waals surface area contributed by atoms with Crippen LogP contribution < -0.4 is 20.7 Å². The van der Waals surface area contributed by atoms with Gasteiger partial charge < -0.3 is 14.5 Å². The molecule has 8 nitrogen and oxygen atoms in total. The molecule has 0 fully saturated rings. The third-order valence-corrected chi connectivity index (χ3v) is 4.13. The van der Waals surface area contributed by atoms with Crippen LogP contribution in [0.5, 0.6) is 11.5 Å². The van der Waals surface area contributed by atoms with Gasteiger partial charge in [0, 0.05) is 5.56 Å². The van der Waals surface area contributed by atoms with Gasteiger partial charge in [-0.15, -0.1) is 11.3 Å². The van der Waals surface area contributed by atoms with Gasteiger partial charge in [-0.25, -0.2) is 4.79 Å². The lowest BCUT2D eigenvalue weighted by atomic mass is 10.1. The zero-order chi connectivity index (χ0) is 20.8. The van der Waals surface area contributed by atoms with Crippen LogP contribution in [0, 0.1) is 11.3 Å². The SMILES string of the molecule is C=CCc1cc(C=Nn2c(=O)[nH]c3ccccc3c2=O)cc(OC)c1OCC#N. The maximum absolute atomic E-state index is 12.6. The van der Waals surface area contributed by atoms with Crippen LogP contribution in [-0.2, 0) is 6.42 Å². The van der Waals surface area contributed by atoms with E-state index in [-0.39, 0.29) is 6.61 Å². The molecule has 1 heterocycles. The molecule has 0 radical (unpaired) electrons. The zero-order valence-corrected chi connectivity index (χ0v) is 15.7. The fraction of sp³-hybridized carbons (Fsp3) is 0.143. The molecule has 3 aromatic rings. The maximum atomic E-state index is 12.6. The van der Waals surface area contributed by atoms with E-state index < -0.39 is 11.2 Å². The predicted molar refractivity (Wildman–Crippen MR) is 110 cm³/mol. The maximum Gasteiger partial charge on any atom is 0.349 e. The van der Waals surface area contributed by atoms with E-state index in [1.165, 1.54) is 13.3 Å². The third-order valence-electron chi connectivity index (χ3n) is 4.13. The molecule has 0 spiro atoms. The summed E-state index contributed by atoms with van der Waals surface area (Å²) in [4.78, 5) is 27.4. The highest BCUT2D eigenvalue weighted by molar-refractivity contribution is 5.82. The number of nitrogens with zero attached hydrogens (tertiary/aromatic N) is 3. The van der Waals surface area contributed by atoms with Crippen molar-refractivity contribution in [2.24, 2.45) is 5.10 Å². The van der Waals surface area contributed by atoms with Crippen molar-refractivity contribution in [3.05, 3.63) is 81.0 Å². The molecule has 0 saturated heterocycles. The van der Waals surface area contributed by atoms with Crippen LogP contribution in [-0.4, -0.2) is 29.6 Å². The number of fused-ring (bicyclic) bond motifs is 1. The fourth-order valence-corrected chi connectivity index (χ4v) is 2.87. The predicted octanol–water partition coefficient (Wildman–Crippen LogP) is 2.21. The van der Waals surface area contributed by atoms with Crippen molar-refractivity contribution < 1.29 is 9.47 Å². The van der Waals surface area contributed by atoms with E-state index in [1.54, 1.807) is 42.5 Å². The number of ether oxygens (including phenoxy) is 2. The highest BCUT2D eigenvalue weighted by atomic mass is 16.5. The quantitative estimate of drug-likeness (QED) is 0.491. The van der Waals surface area contributed by atoms with Crippen molar-refractivity contribution >= 4 is 17.1 Å². The second kappa shape index (κ2) is 8.71. The molecule has 146 valence electrons. The van der Waals surface area contributed by atoms with Gasteiger partial charge in [0.25, 0.3) is 5.56 Å². The topological polar surface area (TPSA) is 109 Å². The smallest absolute Gasteiger partial charge is 0.349 e. The summed E-state index contributed by atoms with van der Waals surface area (Å²) >= 11 is 0. The number of aromatic amines is 1. The number of allylic oxidation sites excluding steroid dienone is 1. The fourth-order valence-electron chi connectivity index (χ4n) is 2.87. The summed E-state index contributed by atoms with van der Waals surface area (Å²) in [5.74, 6) is 0.840. The first kappa shape index (κ1) is 19.6. The van der Waals surface area contributed by atoms with Crippen molar-refractivity contribution in [1.29, 1.82) is 5.26 Å². The minimum atomic E-state index is -0.641. The summed E-state index contributed by atoms with van der Waals surface area (Å²) in [6.45, 7) is 3.59. The molecule has 29 heavy (non-hydrogen) atoms. The van der Waals surface area contributed by atoms with E-state index in [2.05, 4.69) is 16.7 Å². The highest BCUT2D eigenvalue weighted by Crippen LogP contribution is 2.33. The lowest BCUT2D eigenvalue weighted by molar-refractivity contribution is 0.327. The number of hydrogen-bond acceptors (Lipinski definition) is 6. The van der Waals surface area contributed by atoms with Gasteiger partial charge in [-0.1, -0.05) is 18.2 Å². The first-order chi connectivity index (χ1) is 14.1. The number of methoxy groups -OCH3 is 1. The van der Waals surface area contributed by atoms with Crippen molar-refractivity contribution in [2.75, 3.05) is 13.7 Å². The monoisotopic (exact) mass is 390 g/mol. The van der Waals surface area contributed by atoms with E-state index >= 15 is 0 Å². The third kappa shape index (κ3) is 4.09. The van der Waals surface area contributed by atoms with Gasteiger partial charge in [-0.05, 0) is 36.2 Å². The molecule has 0 saturated carbocycles. The number of benzene rings is 2. The van der Waals surface area contributed by atoms with E-state index in [4.69, 9.17) is 14.7 Å². The van der Waals surface area contributed by atoms with Crippen molar-refractivity contribution in [1.82, 2.24) is 9.66 Å². The van der Waals surface area contributed by atoms with Gasteiger partial charge in [0.1, 0.15) is 6.07 Å². The Kier molecular flexibility index (Phi) is 5.90. The van der Waals surface area contributed by atoms with E-state index in [0.717, 1.165) is 10.2 Å². The first-order valence-corrected chi connectivity index (χ1v) is 8.69. The van der Waals surface area contributed by atoms with Gasteiger partial charge in [-0.3, -0.25) is 4.79 Å². The average Bonchev–Trinajstić information content (AvgIpc) is 2.72. The molecular formula is C21H18N4O4. The average molecular weight is 390 g/mol. The molecule has 8 heteroatoms. The van der Waals surface area contributed by atoms with Gasteiger partial charge in [0.15, 0.2) is 18.1 Å². The molecule has 0 aliphatic carbocycles. The molecule has 0 aliphatic rings. The van der Waals surface area contributed by atoms with Crippen molar-refractivity contribution in [3.8, 4) is 17.6 Å². The van der Waals surface area contributed by atoms with Crippen LogP contribution in [0.3, 0.4) is 0 Å². The van der Waals surface area contributed by atoms with Gasteiger partial charge in [0.05, 0.1) is 24.2 Å². The minimum absolute atomic E-state index is 0.129. The number of para-hydroxylation sites is 1. The lowest BCUT2D eigenvalue weighted by Gasteiger charge is -2.13. The van der Waals surface area contributed by atoms with Crippen LogP contribution in [0.25, 0.3) is 10.9 Å². The number of rotatable bonds is 7. The molecule has 3 rings (SSSR count). The Morgan fingerprint density at radius 2 is 2.10 bits per heavy atom. The highest BCUT2D eigenvalue weighted by Gasteiger charge is 2.12. The summed E-state index contributed by atoms with van der Waals surface area (Å²) in [6.07, 6.45) is 3.54. The second-order valence-electron chi connectivity index (χ2n) is 5.99. The van der Waals surface area contributed by atoms with Crippen LogP contribution in [0.4, 0.5) is 0 Å². The molecule has 1 aromatic heterocycles. The van der Waals surface area contributed by atoms with Crippen molar-refractivity contribution in [3.63, 3.8) is 0 Å². The normalized spacial score (nSPS) is 10.8. The number of nitriles is 1. The van der Waals surface area contributed by atoms with Crippen LogP contribution in [0.2, 0.25) is 0 Å². The van der Waals surface area contributed by atoms with Crippen molar-refractivity contribution in [2.45, 2.75) is 6.42 Å². The summed E-state index contributed by atoms with van der Waals surface area (Å²) in [7, 11) is 1.48. The largest absolute Gasteiger partial charge is 0.493 e. The lowest BCUT2D eigenvalue weighted by Crippen LogP contribution is -2.32. The molecule has 0 atom stereocenters. The Labute approximate surface area is 165 Å². The van der Waals surface area contributed by atoms with Gasteiger partial charge in [0.2, 0.25) is 0 Å². The van der Waals surface area contributed by atoms with E-state index in [9.17, 15) is 9.59 Å². The molecule has 0 aliphatic heterocycles. The van der Waals surface area contributed by atoms with Gasteiger partial charge >= 0.3 is 5.69 Å². The molecule has 0 amide bonds. The minimum Gasteiger partial charge on any atom is -0.493 e. The van der Waals surface area contributed by atoms with E-state index in [0.29, 0.717) is 34.4 Å². The Morgan fingerprint density at radius 3 is 2.83 bits per heavy atom. The number of nitrogens with one attached hydrogen (secondary N) is 1. The first-order valence-electron chi connectivity index (χ1n) is 8.69. The number of H-pyrrole nitrogens is 1. The zero-order valence-electron chi connectivity index (χ0n) is 15.7. The summed E-state index contributed by atoms with van der Waals surface area (Å²) < 4.78 is 11.6. The number of hydrogen-bond donors (Lipinski definition) is 1. The summed E-state index contributed by atoms with van der Waals surface area (Å²) in [5.41, 5.74) is 0.603. The summed E-state index contributed by atoms with van der Waals surface area (Å²) in [6, 6.07) is 12.0. The van der Waals surface area contributed by atoms with Crippen LogP contribution >= 0.6 is 0 Å². The molecule has 0 bridgehead atoms. The van der Waals surface area contributed by atoms with E-state index in [1.807, 2.05) is 6.07 Å². The standard InChI is InChI=1S/C21H18N4O4/c1-3-6-15-11-14(12-18(28-2)19(15)29-10-9-22)13-23-25-20(26)16-7-4-5-8-17(16)24-21(25)27/h3-5,7-8,11-13H,1,6,10H2,2H3,(H,24,27). The van der Waals surface area contributed by atoms with Crippen LogP contribution in [0.15, 0.2) is 63.7 Å². The van der Waals surface area contributed by atoms with Gasteiger partial charge in [-0.2, -0.15) is 10.4 Å². The molecular weight excluding hydrogens is 372 g/mol. The summed E-state index contributed by atoms with van der Waals surface area (Å²) in [5, 5.41) is 13.2. The molecule has 1 N–H and O–H groups in total. The number of aromatic nitrogens is 2. The Bertz CT molecular complexity index is 1250. The Morgan fingerprint density at radius 1 is 1.31 bits per heavy atom.